The lowest BCUT2D eigenvalue weighted by Crippen LogP contribution is -2.44. The standard InChI is InChI=1S/C12H20BrN3O3S2.ClH/c1-2-3-4-9(7-14)16-11(17)8-15-21(18,19)12-6-5-10(13)20-12;/h5-6,9,15H,2-4,7-8,14H2,1H3,(H,16,17);1H. The van der Waals surface area contributed by atoms with Gasteiger partial charge in [-0.1, -0.05) is 19.8 Å². The number of hydrogen-bond acceptors (Lipinski definition) is 5. The molecule has 0 spiro atoms. The molecule has 6 nitrogen and oxygen atoms in total. The Morgan fingerprint density at radius 2 is 2.14 bits per heavy atom. The van der Waals surface area contributed by atoms with E-state index in [1.807, 2.05) is 0 Å². The fraction of sp³-hybridized carbons (Fsp3) is 0.583. The van der Waals surface area contributed by atoms with Crippen LogP contribution < -0.4 is 15.8 Å². The van der Waals surface area contributed by atoms with Gasteiger partial charge in [-0.3, -0.25) is 4.79 Å². The topological polar surface area (TPSA) is 101 Å². The summed E-state index contributed by atoms with van der Waals surface area (Å²) in [5, 5.41) is 2.73. The van der Waals surface area contributed by atoms with Crippen LogP contribution >= 0.6 is 39.7 Å². The molecule has 1 rings (SSSR count). The Hall–Kier alpha value is -0.190. The van der Waals surface area contributed by atoms with E-state index >= 15 is 0 Å². The lowest BCUT2D eigenvalue weighted by Gasteiger charge is -2.16. The van der Waals surface area contributed by atoms with E-state index in [9.17, 15) is 13.2 Å². The summed E-state index contributed by atoms with van der Waals surface area (Å²) in [5.41, 5.74) is 5.58. The third-order valence-corrected chi connectivity index (χ3v) is 6.31. The molecule has 0 aromatic carbocycles. The van der Waals surface area contributed by atoms with Crippen molar-refractivity contribution in [2.24, 2.45) is 5.73 Å². The number of halogens is 2. The average Bonchev–Trinajstić information content (AvgIpc) is 2.88. The zero-order valence-electron chi connectivity index (χ0n) is 12.2. The minimum Gasteiger partial charge on any atom is -0.351 e. The molecule has 0 aliphatic heterocycles. The van der Waals surface area contributed by atoms with Crippen molar-refractivity contribution in [2.75, 3.05) is 13.1 Å². The van der Waals surface area contributed by atoms with Gasteiger partial charge in [0.15, 0.2) is 0 Å². The van der Waals surface area contributed by atoms with Crippen LogP contribution in [-0.2, 0) is 14.8 Å². The molecule has 1 amide bonds. The van der Waals surface area contributed by atoms with Gasteiger partial charge >= 0.3 is 0 Å². The molecule has 1 unspecified atom stereocenters. The maximum atomic E-state index is 12.0. The number of nitrogens with two attached hydrogens (primary N) is 1. The van der Waals surface area contributed by atoms with Gasteiger partial charge < -0.3 is 11.1 Å². The van der Waals surface area contributed by atoms with Crippen molar-refractivity contribution in [1.82, 2.24) is 10.0 Å². The summed E-state index contributed by atoms with van der Waals surface area (Å²) in [5.74, 6) is -0.374. The molecular formula is C12H21BrClN3O3S2. The van der Waals surface area contributed by atoms with E-state index in [-0.39, 0.29) is 35.1 Å². The molecule has 10 heteroatoms. The number of carbonyl (C=O) groups excluding carboxylic acids is 1. The summed E-state index contributed by atoms with van der Waals surface area (Å²) in [7, 11) is -3.65. The van der Waals surface area contributed by atoms with E-state index in [0.717, 1.165) is 34.4 Å². The summed E-state index contributed by atoms with van der Waals surface area (Å²) in [6.07, 6.45) is 2.78. The van der Waals surface area contributed by atoms with Crippen LogP contribution in [0.1, 0.15) is 26.2 Å². The highest BCUT2D eigenvalue weighted by Gasteiger charge is 2.18. The van der Waals surface area contributed by atoms with Crippen LogP contribution in [0.15, 0.2) is 20.1 Å². The number of sulfonamides is 1. The van der Waals surface area contributed by atoms with E-state index in [2.05, 4.69) is 32.9 Å². The monoisotopic (exact) mass is 433 g/mol. The molecule has 128 valence electrons. The van der Waals surface area contributed by atoms with Crippen molar-refractivity contribution < 1.29 is 13.2 Å². The molecule has 0 aliphatic rings. The van der Waals surface area contributed by atoms with Gasteiger partial charge in [-0.15, -0.1) is 23.7 Å². The molecule has 0 saturated carbocycles. The average molecular weight is 435 g/mol. The van der Waals surface area contributed by atoms with E-state index in [1.165, 1.54) is 6.07 Å². The number of nitrogens with one attached hydrogen (secondary N) is 2. The molecule has 4 N–H and O–H groups in total. The number of unbranched alkanes of at least 4 members (excludes halogenated alkanes) is 1. The quantitative estimate of drug-likeness (QED) is 0.552. The van der Waals surface area contributed by atoms with Crippen LogP contribution in [-0.4, -0.2) is 33.5 Å². The van der Waals surface area contributed by atoms with Gasteiger partial charge in [-0.05, 0) is 34.5 Å². The third kappa shape index (κ3) is 7.38. The summed E-state index contributed by atoms with van der Waals surface area (Å²) in [6.45, 7) is 2.11. The first-order chi connectivity index (χ1) is 9.89. The van der Waals surface area contributed by atoms with E-state index in [0.29, 0.717) is 6.54 Å². The first kappa shape index (κ1) is 21.8. The Labute approximate surface area is 149 Å². The van der Waals surface area contributed by atoms with Gasteiger partial charge in [0.2, 0.25) is 5.91 Å². The Balaban J connectivity index is 0.00000441. The summed E-state index contributed by atoms with van der Waals surface area (Å²) in [6, 6.07) is 3.02. The predicted molar refractivity (Wildman–Crippen MR) is 95.0 cm³/mol. The zero-order chi connectivity index (χ0) is 15.9. The first-order valence-electron chi connectivity index (χ1n) is 6.63. The molecule has 1 atom stereocenters. The second-order valence-electron chi connectivity index (χ2n) is 4.53. The SMILES string of the molecule is CCCCC(CN)NC(=O)CNS(=O)(=O)c1ccc(Br)s1.Cl. The fourth-order valence-corrected chi connectivity index (χ4v) is 4.69. The number of thiophene rings is 1. The van der Waals surface area contributed by atoms with E-state index < -0.39 is 10.0 Å². The minimum atomic E-state index is -3.65. The second-order valence-corrected chi connectivity index (χ2v) is 8.98. The molecular weight excluding hydrogens is 414 g/mol. The van der Waals surface area contributed by atoms with Crippen LogP contribution in [0.5, 0.6) is 0 Å². The molecule has 0 fully saturated rings. The van der Waals surface area contributed by atoms with Crippen LogP contribution in [0.2, 0.25) is 0 Å². The summed E-state index contributed by atoms with van der Waals surface area (Å²) < 4.78 is 27.1. The number of amides is 1. The lowest BCUT2D eigenvalue weighted by molar-refractivity contribution is -0.120. The van der Waals surface area contributed by atoms with Crippen LogP contribution in [0.25, 0.3) is 0 Å². The van der Waals surface area contributed by atoms with Gasteiger partial charge in [0.1, 0.15) is 4.21 Å². The lowest BCUT2D eigenvalue weighted by atomic mass is 10.1. The summed E-state index contributed by atoms with van der Waals surface area (Å²) in [4.78, 5) is 11.8. The van der Waals surface area contributed by atoms with Gasteiger partial charge in [-0.2, -0.15) is 0 Å². The van der Waals surface area contributed by atoms with Crippen LogP contribution in [0, 0.1) is 0 Å². The Bertz CT molecular complexity index is 566. The molecule has 0 saturated heterocycles. The second kappa shape index (κ2) is 10.6. The predicted octanol–water partition coefficient (Wildman–Crippen LogP) is 1.84. The van der Waals surface area contributed by atoms with E-state index in [1.54, 1.807) is 6.07 Å². The molecule has 0 radical (unpaired) electrons. The van der Waals surface area contributed by atoms with Crippen LogP contribution in [0.4, 0.5) is 0 Å². The van der Waals surface area contributed by atoms with Gasteiger partial charge in [0.05, 0.1) is 10.3 Å². The van der Waals surface area contributed by atoms with Gasteiger partial charge in [-0.25, -0.2) is 13.1 Å². The number of hydrogen-bond donors (Lipinski definition) is 3. The molecule has 0 aliphatic carbocycles. The first-order valence-corrected chi connectivity index (χ1v) is 9.72. The van der Waals surface area contributed by atoms with Crippen molar-refractivity contribution in [3.63, 3.8) is 0 Å². The Morgan fingerprint density at radius 3 is 2.64 bits per heavy atom. The highest BCUT2D eigenvalue weighted by atomic mass is 79.9. The van der Waals surface area contributed by atoms with Crippen molar-refractivity contribution in [3.05, 3.63) is 15.9 Å². The summed E-state index contributed by atoms with van der Waals surface area (Å²) >= 11 is 4.29. The molecule has 22 heavy (non-hydrogen) atoms. The maximum Gasteiger partial charge on any atom is 0.250 e. The molecule has 1 aromatic heterocycles. The normalized spacial score (nSPS) is 12.5. The molecule has 1 heterocycles. The van der Waals surface area contributed by atoms with Crippen molar-refractivity contribution >= 4 is 55.6 Å². The van der Waals surface area contributed by atoms with Gasteiger partial charge in [0.25, 0.3) is 10.0 Å². The largest absolute Gasteiger partial charge is 0.351 e. The van der Waals surface area contributed by atoms with Gasteiger partial charge in [0, 0.05) is 12.6 Å². The van der Waals surface area contributed by atoms with Crippen molar-refractivity contribution in [3.8, 4) is 0 Å². The number of rotatable bonds is 9. The molecule has 1 aromatic rings. The van der Waals surface area contributed by atoms with Crippen LogP contribution in [0.3, 0.4) is 0 Å². The number of carbonyl (C=O) groups is 1. The maximum absolute atomic E-state index is 12.0. The van der Waals surface area contributed by atoms with E-state index in [4.69, 9.17) is 5.73 Å². The Kier molecular flexibility index (Phi) is 10.5. The minimum absolute atomic E-state index is 0. The fourth-order valence-electron chi connectivity index (χ4n) is 1.65. The van der Waals surface area contributed by atoms with Crippen molar-refractivity contribution in [1.29, 1.82) is 0 Å². The van der Waals surface area contributed by atoms with Crippen molar-refractivity contribution in [2.45, 2.75) is 36.4 Å². The third-order valence-electron chi connectivity index (χ3n) is 2.79. The molecule has 0 bridgehead atoms. The zero-order valence-corrected chi connectivity index (χ0v) is 16.2. The smallest absolute Gasteiger partial charge is 0.250 e. The Morgan fingerprint density at radius 1 is 1.45 bits per heavy atom. The highest BCUT2D eigenvalue weighted by molar-refractivity contribution is 9.11. The highest BCUT2D eigenvalue weighted by Crippen LogP contribution is 2.25.